The minimum absolute atomic E-state index is 0.0157. The number of rotatable bonds is 11. The van der Waals surface area contributed by atoms with Gasteiger partial charge in [0.05, 0.1) is 13.1 Å². The van der Waals surface area contributed by atoms with Crippen LogP contribution in [0.15, 0.2) is 30.3 Å². The van der Waals surface area contributed by atoms with Gasteiger partial charge in [0.15, 0.2) is 0 Å². The monoisotopic (exact) mass is 501 g/mol. The third-order valence-corrected chi connectivity index (χ3v) is 7.09. The summed E-state index contributed by atoms with van der Waals surface area (Å²) in [6.07, 6.45) is 3.12. The SMILES string of the molecule is CCCCC(CC)CN1C[C@H]2N(C(=O)CN(C)N2C(=O)NCc2ccccc2)C(CCC(=O)O)C1=O. The average Bonchev–Trinajstić information content (AvgIpc) is 2.85. The van der Waals surface area contributed by atoms with Gasteiger partial charge in [0.1, 0.15) is 12.2 Å². The highest BCUT2D eigenvalue weighted by Crippen LogP contribution is 2.29. The Morgan fingerprint density at radius 1 is 1.17 bits per heavy atom. The molecule has 0 spiro atoms. The van der Waals surface area contributed by atoms with Crippen LogP contribution in [-0.4, -0.2) is 87.6 Å². The molecule has 0 bridgehead atoms. The third-order valence-electron chi connectivity index (χ3n) is 7.09. The number of benzene rings is 1. The molecule has 0 aliphatic carbocycles. The standard InChI is InChI=1S/C26H39N5O5/c1-4-6-10-19(5-2)16-29-17-22-30(21(25(29)35)13-14-24(33)34)23(32)18-28(3)31(22)26(36)27-15-20-11-8-7-9-12-20/h7-9,11-12,19,21-22H,4-6,10,13-18H2,1-3H3,(H,27,36)(H,33,34)/t19?,21?,22-/m0/s1. The molecule has 1 aromatic carbocycles. The highest BCUT2D eigenvalue weighted by molar-refractivity contribution is 5.91. The molecule has 10 nitrogen and oxygen atoms in total. The predicted molar refractivity (Wildman–Crippen MR) is 134 cm³/mol. The number of carbonyl (C=O) groups excluding carboxylic acids is 3. The number of hydrogen-bond donors (Lipinski definition) is 2. The Labute approximate surface area is 213 Å². The quantitative estimate of drug-likeness (QED) is 0.482. The van der Waals surface area contributed by atoms with Crippen LogP contribution in [0.1, 0.15) is 57.9 Å². The first-order valence-corrected chi connectivity index (χ1v) is 12.9. The maximum Gasteiger partial charge on any atom is 0.334 e. The first-order valence-electron chi connectivity index (χ1n) is 12.9. The summed E-state index contributed by atoms with van der Waals surface area (Å²) in [5.74, 6) is -1.23. The number of piperazine rings is 1. The highest BCUT2D eigenvalue weighted by Gasteiger charge is 2.50. The van der Waals surface area contributed by atoms with E-state index in [4.69, 9.17) is 0 Å². The fourth-order valence-electron chi connectivity index (χ4n) is 5.09. The second kappa shape index (κ2) is 12.7. The zero-order valence-electron chi connectivity index (χ0n) is 21.6. The second-order valence-electron chi connectivity index (χ2n) is 9.69. The number of carboxylic acid groups (broad SMARTS) is 1. The first-order chi connectivity index (χ1) is 17.3. The summed E-state index contributed by atoms with van der Waals surface area (Å²) in [6.45, 7) is 5.21. The van der Waals surface area contributed by atoms with Gasteiger partial charge in [0, 0.05) is 26.6 Å². The van der Waals surface area contributed by atoms with Gasteiger partial charge in [0.2, 0.25) is 11.8 Å². The molecule has 0 radical (unpaired) electrons. The van der Waals surface area contributed by atoms with Gasteiger partial charge in [0.25, 0.3) is 0 Å². The van der Waals surface area contributed by atoms with Crippen LogP contribution in [0.25, 0.3) is 0 Å². The van der Waals surface area contributed by atoms with E-state index in [0.29, 0.717) is 19.0 Å². The number of likely N-dealkylation sites (N-methyl/N-ethyl adjacent to an activating group) is 1. The van der Waals surface area contributed by atoms with Crippen molar-refractivity contribution in [3.63, 3.8) is 0 Å². The number of hydrazine groups is 1. The van der Waals surface area contributed by atoms with Crippen molar-refractivity contribution in [2.75, 3.05) is 26.7 Å². The van der Waals surface area contributed by atoms with Gasteiger partial charge >= 0.3 is 12.0 Å². The molecule has 2 aliphatic heterocycles. The lowest BCUT2D eigenvalue weighted by Crippen LogP contribution is -2.76. The summed E-state index contributed by atoms with van der Waals surface area (Å²) in [7, 11) is 1.68. The average molecular weight is 502 g/mol. The fourth-order valence-corrected chi connectivity index (χ4v) is 5.09. The molecule has 2 saturated heterocycles. The Morgan fingerprint density at radius 2 is 1.89 bits per heavy atom. The van der Waals surface area contributed by atoms with Gasteiger partial charge in [-0.3, -0.25) is 14.4 Å². The summed E-state index contributed by atoms with van der Waals surface area (Å²) in [5.41, 5.74) is 0.944. The zero-order valence-corrected chi connectivity index (χ0v) is 21.6. The molecule has 198 valence electrons. The van der Waals surface area contributed by atoms with E-state index in [9.17, 15) is 24.3 Å². The summed E-state index contributed by atoms with van der Waals surface area (Å²) >= 11 is 0. The second-order valence-corrected chi connectivity index (χ2v) is 9.69. The van der Waals surface area contributed by atoms with E-state index in [2.05, 4.69) is 19.2 Å². The Bertz CT molecular complexity index is 927. The van der Waals surface area contributed by atoms with Crippen molar-refractivity contribution in [3.05, 3.63) is 35.9 Å². The summed E-state index contributed by atoms with van der Waals surface area (Å²) < 4.78 is 0. The number of carbonyl (C=O) groups is 4. The fraction of sp³-hybridized carbons (Fsp3) is 0.615. The summed E-state index contributed by atoms with van der Waals surface area (Å²) in [4.78, 5) is 54.5. The van der Waals surface area contributed by atoms with Crippen LogP contribution in [0, 0.1) is 5.92 Å². The lowest BCUT2D eigenvalue weighted by Gasteiger charge is -2.54. The largest absolute Gasteiger partial charge is 0.481 e. The molecule has 36 heavy (non-hydrogen) atoms. The van der Waals surface area contributed by atoms with Crippen molar-refractivity contribution < 1.29 is 24.3 Å². The Morgan fingerprint density at radius 3 is 2.53 bits per heavy atom. The van der Waals surface area contributed by atoms with Gasteiger partial charge in [-0.2, -0.15) is 0 Å². The molecule has 0 aromatic heterocycles. The van der Waals surface area contributed by atoms with Crippen LogP contribution < -0.4 is 5.32 Å². The number of hydrogen-bond acceptors (Lipinski definition) is 5. The van der Waals surface area contributed by atoms with Crippen LogP contribution in [0.4, 0.5) is 4.79 Å². The van der Waals surface area contributed by atoms with Gasteiger partial charge in [-0.25, -0.2) is 14.8 Å². The van der Waals surface area contributed by atoms with Gasteiger partial charge in [-0.05, 0) is 24.3 Å². The normalized spacial score (nSPS) is 21.4. The van der Waals surface area contributed by atoms with E-state index in [1.165, 1.54) is 9.91 Å². The van der Waals surface area contributed by atoms with Crippen LogP contribution in [0.3, 0.4) is 0 Å². The summed E-state index contributed by atoms with van der Waals surface area (Å²) in [5, 5.41) is 15.3. The zero-order chi connectivity index (χ0) is 26.2. The Balaban J connectivity index is 1.86. The van der Waals surface area contributed by atoms with Crippen molar-refractivity contribution in [3.8, 4) is 0 Å². The lowest BCUT2D eigenvalue weighted by atomic mass is 9.96. The molecule has 4 amide bonds. The minimum atomic E-state index is -1.02. The topological polar surface area (TPSA) is 114 Å². The number of nitrogens with zero attached hydrogens (tertiary/aromatic N) is 4. The molecule has 3 rings (SSSR count). The maximum atomic E-state index is 13.5. The van der Waals surface area contributed by atoms with Crippen molar-refractivity contribution in [1.29, 1.82) is 0 Å². The van der Waals surface area contributed by atoms with E-state index >= 15 is 0 Å². The molecule has 2 N–H and O–H groups in total. The van der Waals surface area contributed by atoms with Crippen molar-refractivity contribution in [2.24, 2.45) is 5.92 Å². The number of nitrogens with one attached hydrogen (secondary N) is 1. The molecule has 2 fully saturated rings. The number of unbranched alkanes of at least 4 members (excludes halogenated alkanes) is 1. The van der Waals surface area contributed by atoms with Crippen LogP contribution in [-0.2, 0) is 20.9 Å². The number of aliphatic carboxylic acids is 1. The Kier molecular flexibility index (Phi) is 9.69. The smallest absolute Gasteiger partial charge is 0.334 e. The molecular formula is C26H39N5O5. The molecule has 1 aromatic rings. The van der Waals surface area contributed by atoms with Crippen molar-refractivity contribution >= 4 is 23.8 Å². The Hall–Kier alpha value is -3.14. The summed E-state index contributed by atoms with van der Waals surface area (Å²) in [6, 6.07) is 8.26. The molecular weight excluding hydrogens is 462 g/mol. The maximum absolute atomic E-state index is 13.5. The van der Waals surface area contributed by atoms with Crippen LogP contribution in [0.2, 0.25) is 0 Å². The van der Waals surface area contributed by atoms with Gasteiger partial charge in [-0.1, -0.05) is 63.4 Å². The third kappa shape index (κ3) is 6.54. The first kappa shape index (κ1) is 27.4. The van der Waals surface area contributed by atoms with Crippen molar-refractivity contribution in [1.82, 2.24) is 25.1 Å². The van der Waals surface area contributed by atoms with Crippen LogP contribution >= 0.6 is 0 Å². The van der Waals surface area contributed by atoms with E-state index in [-0.39, 0.29) is 43.8 Å². The van der Waals surface area contributed by atoms with E-state index in [1.807, 2.05) is 30.3 Å². The van der Waals surface area contributed by atoms with Gasteiger partial charge < -0.3 is 20.2 Å². The molecule has 10 heteroatoms. The number of fused-ring (bicyclic) bond motifs is 1. The molecule has 3 atom stereocenters. The highest BCUT2D eigenvalue weighted by atomic mass is 16.4. The number of amides is 4. The predicted octanol–water partition coefficient (Wildman–Crippen LogP) is 2.51. The molecule has 0 saturated carbocycles. The van der Waals surface area contributed by atoms with Crippen molar-refractivity contribution in [2.45, 2.75) is 71.1 Å². The molecule has 2 heterocycles. The van der Waals surface area contributed by atoms with Crippen LogP contribution in [0.5, 0.6) is 0 Å². The molecule has 2 aliphatic rings. The minimum Gasteiger partial charge on any atom is -0.481 e. The van der Waals surface area contributed by atoms with E-state index < -0.39 is 18.2 Å². The number of urea groups is 1. The van der Waals surface area contributed by atoms with E-state index in [1.54, 1.807) is 17.0 Å². The van der Waals surface area contributed by atoms with E-state index in [0.717, 1.165) is 31.2 Å². The van der Waals surface area contributed by atoms with Gasteiger partial charge in [-0.15, -0.1) is 0 Å². The number of carboxylic acids is 1. The molecule has 2 unspecified atom stereocenters. The lowest BCUT2D eigenvalue weighted by molar-refractivity contribution is -0.188.